The lowest BCUT2D eigenvalue weighted by atomic mass is 10.1. The highest BCUT2D eigenvalue weighted by Crippen LogP contribution is 2.08. The van der Waals surface area contributed by atoms with Crippen molar-refractivity contribution in [3.8, 4) is 0 Å². The summed E-state index contributed by atoms with van der Waals surface area (Å²) in [5, 5.41) is 12.2. The molecule has 0 spiro atoms. The summed E-state index contributed by atoms with van der Waals surface area (Å²) in [5.41, 5.74) is -0.171. The molecule has 0 aliphatic carbocycles. The van der Waals surface area contributed by atoms with Gasteiger partial charge in [0.05, 0.1) is 12.6 Å². The first kappa shape index (κ1) is 11.5. The summed E-state index contributed by atoms with van der Waals surface area (Å²) in [5.74, 6) is 0.0339. The van der Waals surface area contributed by atoms with Gasteiger partial charge in [-0.15, -0.1) is 0 Å². The fourth-order valence-corrected chi connectivity index (χ4v) is 1.62. The van der Waals surface area contributed by atoms with Crippen LogP contribution in [0.4, 0.5) is 0 Å². The molecule has 0 aromatic carbocycles. The molecule has 82 valence electrons. The molecule has 4 nitrogen and oxygen atoms in total. The van der Waals surface area contributed by atoms with Gasteiger partial charge in [-0.05, 0) is 27.2 Å². The van der Waals surface area contributed by atoms with Crippen molar-refractivity contribution < 1.29 is 9.90 Å². The molecular weight excluding hydrogens is 180 g/mol. The molecule has 1 fully saturated rings. The second kappa shape index (κ2) is 4.28. The van der Waals surface area contributed by atoms with Gasteiger partial charge in [-0.3, -0.25) is 9.69 Å². The van der Waals surface area contributed by atoms with E-state index in [1.54, 1.807) is 0 Å². The highest BCUT2D eigenvalue weighted by molar-refractivity contribution is 5.78. The molecular formula is C10H20N2O2. The topological polar surface area (TPSA) is 52.6 Å². The summed E-state index contributed by atoms with van der Waals surface area (Å²) >= 11 is 0. The number of carbonyl (C=O) groups excluding carboxylic acids is 1. The summed E-state index contributed by atoms with van der Waals surface area (Å²) in [6.45, 7) is 7.72. The molecule has 1 atom stereocenters. The Kier molecular flexibility index (Phi) is 3.50. The molecule has 1 aliphatic rings. The van der Waals surface area contributed by atoms with Crippen LogP contribution in [0.3, 0.4) is 0 Å². The maximum Gasteiger partial charge on any atom is 0.234 e. The number of rotatable bonds is 2. The van der Waals surface area contributed by atoms with Crippen LogP contribution in [0.15, 0.2) is 0 Å². The molecule has 1 rings (SSSR count). The van der Waals surface area contributed by atoms with E-state index < -0.39 is 0 Å². The highest BCUT2D eigenvalue weighted by Gasteiger charge is 2.23. The smallest absolute Gasteiger partial charge is 0.234 e. The second-order valence-electron chi connectivity index (χ2n) is 4.98. The van der Waals surface area contributed by atoms with Crippen molar-refractivity contribution >= 4 is 5.91 Å². The number of amides is 1. The zero-order chi connectivity index (χ0) is 10.8. The minimum Gasteiger partial charge on any atom is -0.392 e. The number of aliphatic hydroxyl groups excluding tert-OH is 1. The third-order valence-electron chi connectivity index (χ3n) is 2.13. The Morgan fingerprint density at radius 3 is 2.64 bits per heavy atom. The van der Waals surface area contributed by atoms with Crippen LogP contribution < -0.4 is 5.32 Å². The molecule has 0 radical (unpaired) electrons. The van der Waals surface area contributed by atoms with Crippen LogP contribution in [-0.4, -0.2) is 47.2 Å². The third kappa shape index (κ3) is 4.07. The average Bonchev–Trinajstić information content (AvgIpc) is 2.30. The lowest BCUT2D eigenvalue weighted by Crippen LogP contribution is -2.45. The third-order valence-corrected chi connectivity index (χ3v) is 2.13. The van der Waals surface area contributed by atoms with Gasteiger partial charge in [0.15, 0.2) is 0 Å². The molecule has 1 heterocycles. The van der Waals surface area contributed by atoms with E-state index in [-0.39, 0.29) is 17.6 Å². The molecule has 0 bridgehead atoms. The van der Waals surface area contributed by atoms with Crippen LogP contribution in [0, 0.1) is 0 Å². The van der Waals surface area contributed by atoms with E-state index in [0.717, 1.165) is 13.0 Å². The van der Waals surface area contributed by atoms with E-state index in [0.29, 0.717) is 13.1 Å². The standard InChI is InChI=1S/C10H20N2O2/c1-10(2,3)11-9(14)7-12-5-4-8(13)6-12/h8,13H,4-7H2,1-3H3,(H,11,14). The van der Waals surface area contributed by atoms with Gasteiger partial charge in [-0.1, -0.05) is 0 Å². The molecule has 0 aromatic rings. The van der Waals surface area contributed by atoms with Gasteiger partial charge < -0.3 is 10.4 Å². The number of β-amino-alcohol motifs (C(OH)–C–C–N with tert-alkyl or cyclic N) is 1. The predicted molar refractivity (Wildman–Crippen MR) is 55.0 cm³/mol. The Morgan fingerprint density at radius 1 is 1.57 bits per heavy atom. The lowest BCUT2D eigenvalue weighted by Gasteiger charge is -2.22. The van der Waals surface area contributed by atoms with Gasteiger partial charge in [0, 0.05) is 18.6 Å². The second-order valence-corrected chi connectivity index (χ2v) is 4.98. The number of likely N-dealkylation sites (tertiary alicyclic amines) is 1. The lowest BCUT2D eigenvalue weighted by molar-refractivity contribution is -0.123. The minimum atomic E-state index is -0.252. The summed E-state index contributed by atoms with van der Waals surface area (Å²) in [4.78, 5) is 13.5. The van der Waals surface area contributed by atoms with Crippen LogP contribution in [0.2, 0.25) is 0 Å². The fourth-order valence-electron chi connectivity index (χ4n) is 1.62. The Morgan fingerprint density at radius 2 is 2.21 bits per heavy atom. The monoisotopic (exact) mass is 200 g/mol. The molecule has 0 aromatic heterocycles. The van der Waals surface area contributed by atoms with Crippen molar-refractivity contribution in [2.45, 2.75) is 38.8 Å². The normalized spacial score (nSPS) is 23.9. The summed E-state index contributed by atoms with van der Waals surface area (Å²) in [7, 11) is 0. The average molecular weight is 200 g/mol. The van der Waals surface area contributed by atoms with Gasteiger partial charge in [0.2, 0.25) is 5.91 Å². The molecule has 1 amide bonds. The van der Waals surface area contributed by atoms with Gasteiger partial charge in [-0.25, -0.2) is 0 Å². The maximum absolute atomic E-state index is 11.5. The fraction of sp³-hybridized carbons (Fsp3) is 0.900. The van der Waals surface area contributed by atoms with Gasteiger partial charge in [0.25, 0.3) is 0 Å². The zero-order valence-corrected chi connectivity index (χ0v) is 9.21. The zero-order valence-electron chi connectivity index (χ0n) is 9.21. The molecule has 1 unspecified atom stereocenters. The molecule has 14 heavy (non-hydrogen) atoms. The Bertz CT molecular complexity index is 211. The van der Waals surface area contributed by atoms with E-state index >= 15 is 0 Å². The maximum atomic E-state index is 11.5. The molecule has 0 saturated carbocycles. The molecule has 1 saturated heterocycles. The van der Waals surface area contributed by atoms with Crippen LogP contribution in [0.1, 0.15) is 27.2 Å². The van der Waals surface area contributed by atoms with Crippen molar-refractivity contribution in [1.29, 1.82) is 0 Å². The van der Waals surface area contributed by atoms with Crippen molar-refractivity contribution in [2.75, 3.05) is 19.6 Å². The number of nitrogens with one attached hydrogen (secondary N) is 1. The van der Waals surface area contributed by atoms with E-state index in [9.17, 15) is 9.90 Å². The number of hydrogen-bond acceptors (Lipinski definition) is 3. The SMILES string of the molecule is CC(C)(C)NC(=O)CN1CCC(O)C1. The van der Waals surface area contributed by atoms with Crippen molar-refractivity contribution in [1.82, 2.24) is 10.2 Å². The molecule has 4 heteroatoms. The predicted octanol–water partition coefficient (Wildman–Crippen LogP) is -0.0323. The molecule has 2 N–H and O–H groups in total. The van der Waals surface area contributed by atoms with Crippen molar-refractivity contribution in [3.63, 3.8) is 0 Å². The first-order valence-corrected chi connectivity index (χ1v) is 5.08. The van der Waals surface area contributed by atoms with Crippen LogP contribution in [0.25, 0.3) is 0 Å². The molecule has 1 aliphatic heterocycles. The first-order valence-electron chi connectivity index (χ1n) is 5.08. The van der Waals surface area contributed by atoms with Crippen LogP contribution >= 0.6 is 0 Å². The van der Waals surface area contributed by atoms with Gasteiger partial charge in [0.1, 0.15) is 0 Å². The number of carbonyl (C=O) groups is 1. The van der Waals surface area contributed by atoms with E-state index in [4.69, 9.17) is 0 Å². The van der Waals surface area contributed by atoms with Gasteiger partial charge in [-0.2, -0.15) is 0 Å². The Hall–Kier alpha value is -0.610. The summed E-state index contributed by atoms with van der Waals surface area (Å²) in [6, 6.07) is 0. The highest BCUT2D eigenvalue weighted by atomic mass is 16.3. The van der Waals surface area contributed by atoms with E-state index in [1.807, 2.05) is 25.7 Å². The van der Waals surface area contributed by atoms with Gasteiger partial charge >= 0.3 is 0 Å². The van der Waals surface area contributed by atoms with Crippen LogP contribution in [-0.2, 0) is 4.79 Å². The largest absolute Gasteiger partial charge is 0.392 e. The van der Waals surface area contributed by atoms with Crippen LogP contribution in [0.5, 0.6) is 0 Å². The Balaban J connectivity index is 2.27. The number of aliphatic hydroxyl groups is 1. The summed E-state index contributed by atoms with van der Waals surface area (Å²) in [6.07, 6.45) is 0.528. The number of nitrogens with zero attached hydrogens (tertiary/aromatic N) is 1. The summed E-state index contributed by atoms with van der Waals surface area (Å²) < 4.78 is 0. The Labute approximate surface area is 85.3 Å². The number of hydrogen-bond donors (Lipinski definition) is 2. The first-order chi connectivity index (χ1) is 6.37. The minimum absolute atomic E-state index is 0.0339. The quantitative estimate of drug-likeness (QED) is 0.658. The van der Waals surface area contributed by atoms with E-state index in [1.165, 1.54) is 0 Å². The van der Waals surface area contributed by atoms with Crippen molar-refractivity contribution in [2.24, 2.45) is 0 Å². The van der Waals surface area contributed by atoms with E-state index in [2.05, 4.69) is 5.32 Å². The van der Waals surface area contributed by atoms with Crippen molar-refractivity contribution in [3.05, 3.63) is 0 Å².